The Morgan fingerprint density at radius 3 is 2.21 bits per heavy atom. The highest BCUT2D eigenvalue weighted by atomic mass is 32.2. The molecule has 5 rings (SSSR count). The van der Waals surface area contributed by atoms with Crippen LogP contribution in [0, 0.1) is 11.8 Å². The summed E-state index contributed by atoms with van der Waals surface area (Å²) in [6.07, 6.45) is -2.24. The van der Waals surface area contributed by atoms with Crippen LogP contribution < -0.4 is 48.7 Å². The molecule has 23 heteroatoms. The molecule has 14 N–H and O–H groups in total. The fourth-order valence-electron chi connectivity index (χ4n) is 7.57. The number of nitrogens with one attached hydrogen (secondary N) is 8. The molecule has 0 saturated carbocycles. The minimum atomic E-state index is -1.66. The number of fused-ring (bicyclic) bond motifs is 5. The number of rotatable bonds is 7. The molecule has 0 aliphatic carbocycles. The number of benzene rings is 1. The number of thioether (sulfide) groups is 1. The Balaban J connectivity index is 1.69. The van der Waals surface area contributed by atoms with Gasteiger partial charge in [-0.25, -0.2) is 0 Å². The van der Waals surface area contributed by atoms with Crippen LogP contribution in [-0.4, -0.2) is 154 Å². The molecule has 0 unspecified atom stereocenters. The monoisotopic (exact) mass is 885 g/mol. The molecule has 62 heavy (non-hydrogen) atoms. The van der Waals surface area contributed by atoms with Crippen LogP contribution in [0.4, 0.5) is 0 Å². The zero-order valence-electron chi connectivity index (χ0n) is 34.5. The Kier molecular flexibility index (Phi) is 15.9. The lowest BCUT2D eigenvalue weighted by molar-refractivity contribution is -0.144. The molecule has 10 atom stereocenters. The van der Waals surface area contributed by atoms with Gasteiger partial charge in [0.2, 0.25) is 53.2 Å². The summed E-state index contributed by atoms with van der Waals surface area (Å²) >= 11 is 1.04. The van der Waals surface area contributed by atoms with Gasteiger partial charge in [-0.3, -0.25) is 43.2 Å². The van der Waals surface area contributed by atoms with E-state index in [1.165, 1.54) is 6.92 Å². The van der Waals surface area contributed by atoms with E-state index in [1.807, 2.05) is 0 Å². The largest absolute Gasteiger partial charge is 0.394 e. The molecular formula is C39H55N11O11S. The molecule has 3 aliphatic rings. The van der Waals surface area contributed by atoms with E-state index in [1.54, 1.807) is 38.1 Å². The van der Waals surface area contributed by atoms with Gasteiger partial charge in [-0.2, -0.15) is 0 Å². The van der Waals surface area contributed by atoms with E-state index in [2.05, 4.69) is 42.2 Å². The van der Waals surface area contributed by atoms with E-state index < -0.39 is 140 Å². The number of nitrogens with zero attached hydrogens (tertiary/aromatic N) is 1. The maximum absolute atomic E-state index is 14.4. The van der Waals surface area contributed by atoms with Gasteiger partial charge < -0.3 is 68.8 Å². The molecule has 1 aromatic carbocycles. The van der Waals surface area contributed by atoms with Crippen LogP contribution in [0.3, 0.4) is 0 Å². The highest BCUT2D eigenvalue weighted by Gasteiger charge is 2.44. The van der Waals surface area contributed by atoms with E-state index in [0.29, 0.717) is 27.9 Å². The molecular weight excluding hydrogens is 831 g/mol. The first-order chi connectivity index (χ1) is 29.4. The number of hydrogen-bond donors (Lipinski definition) is 12. The predicted molar refractivity (Wildman–Crippen MR) is 222 cm³/mol. The van der Waals surface area contributed by atoms with Gasteiger partial charge in [0.1, 0.15) is 36.3 Å². The summed E-state index contributed by atoms with van der Waals surface area (Å²) in [6.45, 7) is 2.53. The minimum absolute atomic E-state index is 0.130. The SMILES string of the molecule is CC[C@H](C)[C@@H]1NC(=O)CNC(=O)[C@@H]2Cc3c([nH]c4ccccc34)SC[C@H](NC(=O)CNC1=O)C(=O)N[C@@H](CC(N)=O)C(=O)N1C[C@H](N)C[C@H]1C(=O)N[C@@H]([C@@H](C)[C@@H](O)CO)C(=O)N2. The fraction of sp³-hybridized carbons (Fsp3) is 0.564. The lowest BCUT2D eigenvalue weighted by Gasteiger charge is -2.33. The van der Waals surface area contributed by atoms with Crippen LogP contribution in [-0.2, 0) is 49.6 Å². The summed E-state index contributed by atoms with van der Waals surface area (Å²) in [6, 6.07) is -2.57. The maximum atomic E-state index is 14.4. The average Bonchev–Trinajstić information content (AvgIpc) is 3.81. The van der Waals surface area contributed by atoms with Crippen LogP contribution >= 0.6 is 11.8 Å². The number of primary amides is 1. The molecule has 22 nitrogen and oxygen atoms in total. The molecule has 1 aromatic heterocycles. The molecule has 0 radical (unpaired) electrons. The lowest BCUT2D eigenvalue weighted by atomic mass is 9.93. The van der Waals surface area contributed by atoms with E-state index >= 15 is 0 Å². The second kappa shape index (κ2) is 20.9. The average molecular weight is 886 g/mol. The van der Waals surface area contributed by atoms with Gasteiger partial charge in [-0.1, -0.05) is 45.4 Å². The number of aliphatic hydroxyl groups excluding tert-OH is 2. The Labute approximate surface area is 360 Å². The van der Waals surface area contributed by atoms with Gasteiger partial charge in [-0.15, -0.1) is 11.8 Å². The lowest BCUT2D eigenvalue weighted by Crippen LogP contribution is -2.62. The first kappa shape index (κ1) is 47.3. The molecule has 1 saturated heterocycles. The smallest absolute Gasteiger partial charge is 0.246 e. The van der Waals surface area contributed by atoms with E-state index in [9.17, 15) is 53.4 Å². The van der Waals surface area contributed by atoms with Crippen molar-refractivity contribution in [3.05, 3.63) is 29.8 Å². The molecule has 338 valence electrons. The summed E-state index contributed by atoms with van der Waals surface area (Å²) < 4.78 is 0. The number of carbonyl (C=O) groups excluding carboxylic acids is 9. The molecule has 4 heterocycles. The van der Waals surface area contributed by atoms with Crippen molar-refractivity contribution in [3.8, 4) is 0 Å². The molecule has 3 aliphatic heterocycles. The van der Waals surface area contributed by atoms with Gasteiger partial charge in [0, 0.05) is 41.6 Å². The summed E-state index contributed by atoms with van der Waals surface area (Å²) in [7, 11) is 0. The van der Waals surface area contributed by atoms with E-state index in [0.717, 1.165) is 16.7 Å². The van der Waals surface area contributed by atoms with Crippen LogP contribution in [0.25, 0.3) is 10.9 Å². The normalized spacial score (nSPS) is 27.8. The predicted octanol–water partition coefficient (Wildman–Crippen LogP) is -4.67. The Morgan fingerprint density at radius 2 is 1.53 bits per heavy atom. The zero-order chi connectivity index (χ0) is 45.4. The highest BCUT2D eigenvalue weighted by molar-refractivity contribution is 7.99. The Hall–Kier alpha value is -5.78. The first-order valence-corrected chi connectivity index (χ1v) is 21.3. The number of para-hydroxylation sites is 1. The Bertz CT molecular complexity index is 2070. The van der Waals surface area contributed by atoms with Crippen LogP contribution in [0.1, 0.15) is 45.6 Å². The van der Waals surface area contributed by atoms with Crippen molar-refractivity contribution < 1.29 is 53.4 Å². The van der Waals surface area contributed by atoms with E-state index in [-0.39, 0.29) is 25.1 Å². The quantitative estimate of drug-likeness (QED) is 0.125. The van der Waals surface area contributed by atoms with Crippen molar-refractivity contribution >= 4 is 75.8 Å². The van der Waals surface area contributed by atoms with Crippen molar-refractivity contribution in [2.24, 2.45) is 23.3 Å². The van der Waals surface area contributed by atoms with E-state index in [4.69, 9.17) is 11.5 Å². The summed E-state index contributed by atoms with van der Waals surface area (Å²) in [5.41, 5.74) is 12.8. The van der Waals surface area contributed by atoms with Gasteiger partial charge in [0.05, 0.1) is 37.2 Å². The maximum Gasteiger partial charge on any atom is 0.246 e. The summed E-state index contributed by atoms with van der Waals surface area (Å²) in [5.74, 6) is -9.79. The first-order valence-electron chi connectivity index (χ1n) is 20.3. The molecule has 2 aromatic rings. The second-order valence-corrected chi connectivity index (χ2v) is 16.9. The summed E-state index contributed by atoms with van der Waals surface area (Å²) in [4.78, 5) is 128. The van der Waals surface area contributed by atoms with Gasteiger partial charge >= 0.3 is 0 Å². The van der Waals surface area contributed by atoms with Crippen molar-refractivity contribution in [2.75, 3.05) is 32.0 Å². The van der Waals surface area contributed by atoms with Crippen LogP contribution in [0.15, 0.2) is 29.3 Å². The number of carbonyl (C=O) groups is 9. The standard InChI is InChI=1S/C39H55N11O11S/c1-4-17(2)31-36(59)43-12-29(54)44-25-16-62-38-21(20-7-5-6-8-22(20)47-38)10-23(33(56)42-13-30(55)48-31)45-37(60)32(18(3)27(52)15-51)49-35(58)26-9-19(40)14-50(26)39(61)24(11-28(41)53)46-34(25)57/h5-8,17-19,23-27,31-32,47,51-52H,4,9-16,40H2,1-3H3,(H2,41,53)(H,42,56)(H,43,59)(H,44,54)(H,45,60)(H,46,57)(H,48,55)(H,49,58)/t17-,18-,19+,23-,24-,25-,26-,27-,31-,32-/m0/s1. The number of aromatic nitrogens is 1. The van der Waals surface area contributed by atoms with Crippen LogP contribution in [0.5, 0.6) is 0 Å². The van der Waals surface area contributed by atoms with Crippen molar-refractivity contribution in [2.45, 2.75) is 99.9 Å². The fourth-order valence-corrected chi connectivity index (χ4v) is 8.69. The van der Waals surface area contributed by atoms with Crippen LogP contribution in [0.2, 0.25) is 0 Å². The molecule has 1 fully saturated rings. The topological polar surface area (TPSA) is 349 Å². The number of aromatic amines is 1. The summed E-state index contributed by atoms with van der Waals surface area (Å²) in [5, 5.41) is 39.5. The highest BCUT2D eigenvalue weighted by Crippen LogP contribution is 2.32. The van der Waals surface area contributed by atoms with Gasteiger partial charge in [-0.05, 0) is 24.0 Å². The third-order valence-corrected chi connectivity index (χ3v) is 12.5. The van der Waals surface area contributed by atoms with Gasteiger partial charge in [0.25, 0.3) is 0 Å². The molecule has 0 spiro atoms. The minimum Gasteiger partial charge on any atom is -0.394 e. The molecule has 2 bridgehead atoms. The van der Waals surface area contributed by atoms with Crippen molar-refractivity contribution in [3.63, 3.8) is 0 Å². The third-order valence-electron chi connectivity index (χ3n) is 11.4. The van der Waals surface area contributed by atoms with Crippen molar-refractivity contribution in [1.82, 2.24) is 47.1 Å². The third kappa shape index (κ3) is 11.4. The Morgan fingerprint density at radius 1 is 0.855 bits per heavy atom. The van der Waals surface area contributed by atoms with Gasteiger partial charge in [0.15, 0.2) is 0 Å². The number of hydrogen-bond acceptors (Lipinski definition) is 13. The second-order valence-electron chi connectivity index (χ2n) is 15.9. The zero-order valence-corrected chi connectivity index (χ0v) is 35.3. The number of nitrogens with two attached hydrogens (primary N) is 2. The molecule has 9 amide bonds. The number of aliphatic hydroxyl groups is 2. The number of H-pyrrole nitrogens is 1. The number of amides is 9. The van der Waals surface area contributed by atoms with Crippen molar-refractivity contribution in [1.29, 1.82) is 0 Å².